The molecule has 57 heavy (non-hydrogen) atoms. The molecule has 0 bridgehead atoms. The summed E-state index contributed by atoms with van der Waals surface area (Å²) in [6.07, 6.45) is 5.20. The van der Waals surface area contributed by atoms with Crippen molar-refractivity contribution in [3.8, 4) is 11.5 Å². The number of hydrogen-bond donors (Lipinski definition) is 2. The van der Waals surface area contributed by atoms with Crippen LogP contribution in [0.15, 0.2) is 103 Å². The average Bonchev–Trinajstić information content (AvgIpc) is 3.49. The summed E-state index contributed by atoms with van der Waals surface area (Å²) in [4.78, 5) is 47.8. The summed E-state index contributed by atoms with van der Waals surface area (Å²) in [5, 5.41) is 12.9. The number of ether oxygens (including phenoxy) is 1. The predicted molar refractivity (Wildman–Crippen MR) is 220 cm³/mol. The van der Waals surface area contributed by atoms with Gasteiger partial charge in [-0.25, -0.2) is 0 Å². The number of piperidine rings is 2. The van der Waals surface area contributed by atoms with Crippen molar-refractivity contribution in [2.75, 3.05) is 57.3 Å². The van der Waals surface area contributed by atoms with Gasteiger partial charge in [-0.3, -0.25) is 29.1 Å². The molecule has 4 aromatic rings. The van der Waals surface area contributed by atoms with Crippen LogP contribution in [-0.2, 0) is 11.2 Å². The van der Waals surface area contributed by atoms with Crippen LogP contribution in [0.1, 0.15) is 86.9 Å². The summed E-state index contributed by atoms with van der Waals surface area (Å²) in [5.41, 5.74) is 7.48. The molecular weight excluding hydrogens is 715 g/mol. The van der Waals surface area contributed by atoms with E-state index in [4.69, 9.17) is 4.74 Å². The molecule has 3 amide bonds. The van der Waals surface area contributed by atoms with E-state index in [1.165, 1.54) is 22.3 Å². The van der Waals surface area contributed by atoms with Crippen LogP contribution in [0.25, 0.3) is 0 Å². The van der Waals surface area contributed by atoms with Gasteiger partial charge in [0.15, 0.2) is 0 Å². The van der Waals surface area contributed by atoms with Gasteiger partial charge in [0.2, 0.25) is 5.91 Å². The highest BCUT2D eigenvalue weighted by molar-refractivity contribution is 6.23. The van der Waals surface area contributed by atoms with Crippen molar-refractivity contribution in [2.45, 2.75) is 62.4 Å². The molecule has 4 heterocycles. The van der Waals surface area contributed by atoms with Crippen molar-refractivity contribution in [1.82, 2.24) is 20.0 Å². The van der Waals surface area contributed by atoms with E-state index in [0.29, 0.717) is 54.0 Å². The monoisotopic (exact) mass is 765 g/mol. The van der Waals surface area contributed by atoms with Crippen molar-refractivity contribution in [1.29, 1.82) is 0 Å². The molecule has 10 heteroatoms. The second-order valence-electron chi connectivity index (χ2n) is 16.3. The minimum Gasteiger partial charge on any atom is -0.508 e. The first kappa shape index (κ1) is 37.1. The third kappa shape index (κ3) is 7.44. The Bertz CT molecular complexity index is 2160. The number of benzene rings is 4. The number of fused-ring (bicyclic) bond motifs is 2. The number of nitrogens with zero attached hydrogens (tertiary/aromatic N) is 4. The Morgan fingerprint density at radius 1 is 0.737 bits per heavy atom. The van der Waals surface area contributed by atoms with Crippen molar-refractivity contribution in [3.05, 3.63) is 137 Å². The smallest absolute Gasteiger partial charge is 0.262 e. The first-order chi connectivity index (χ1) is 27.8. The van der Waals surface area contributed by atoms with Gasteiger partial charge in [0.1, 0.15) is 24.1 Å². The molecule has 1 aliphatic carbocycles. The molecule has 2 N–H and O–H groups in total. The van der Waals surface area contributed by atoms with E-state index in [9.17, 15) is 19.5 Å². The van der Waals surface area contributed by atoms with Gasteiger partial charge in [-0.2, -0.15) is 0 Å². The molecule has 294 valence electrons. The second kappa shape index (κ2) is 15.8. The number of aryl methyl sites for hydroxylation is 1. The zero-order chi connectivity index (χ0) is 39.0. The van der Waals surface area contributed by atoms with Gasteiger partial charge < -0.3 is 20.1 Å². The summed E-state index contributed by atoms with van der Waals surface area (Å²) in [6.45, 7) is 11.1. The summed E-state index contributed by atoms with van der Waals surface area (Å²) in [6, 6.07) is 30.6. The summed E-state index contributed by atoms with van der Waals surface area (Å²) < 4.78 is 6.28. The summed E-state index contributed by atoms with van der Waals surface area (Å²) in [5.74, 6) is 0.690. The number of likely N-dealkylation sites (tertiary alicyclic amines) is 1. The van der Waals surface area contributed by atoms with E-state index >= 15 is 0 Å². The maximum atomic E-state index is 13.4. The largest absolute Gasteiger partial charge is 0.508 e. The second-order valence-corrected chi connectivity index (χ2v) is 16.3. The van der Waals surface area contributed by atoms with Crippen LogP contribution >= 0.6 is 0 Å². The van der Waals surface area contributed by atoms with Crippen LogP contribution in [0.2, 0.25) is 0 Å². The predicted octanol–water partition coefficient (Wildman–Crippen LogP) is 6.31. The lowest BCUT2D eigenvalue weighted by Crippen LogP contribution is -2.53. The first-order valence-corrected chi connectivity index (χ1v) is 20.6. The lowest BCUT2D eigenvalue weighted by Gasteiger charge is -2.43. The number of carbonyl (C=O) groups is 3. The third-order valence-corrected chi connectivity index (χ3v) is 13.0. The van der Waals surface area contributed by atoms with E-state index in [1.54, 1.807) is 6.07 Å². The van der Waals surface area contributed by atoms with Crippen molar-refractivity contribution in [2.24, 2.45) is 0 Å². The van der Waals surface area contributed by atoms with Crippen LogP contribution in [-0.4, -0.2) is 102 Å². The van der Waals surface area contributed by atoms with Crippen LogP contribution in [0.3, 0.4) is 0 Å². The molecule has 1 unspecified atom stereocenters. The average molecular weight is 766 g/mol. The van der Waals surface area contributed by atoms with E-state index in [2.05, 4.69) is 87.3 Å². The number of anilines is 1. The maximum absolute atomic E-state index is 13.4. The Kier molecular flexibility index (Phi) is 10.3. The molecule has 0 aromatic heterocycles. The minimum absolute atomic E-state index is 0.220. The number of allylic oxidation sites excluding steroid dienone is 1. The molecule has 0 spiro atoms. The number of imide groups is 1. The number of aromatic hydroxyl groups is 1. The molecule has 0 radical (unpaired) electrons. The summed E-state index contributed by atoms with van der Waals surface area (Å²) in [7, 11) is 0. The van der Waals surface area contributed by atoms with Crippen molar-refractivity contribution >= 4 is 23.4 Å². The number of hydrogen-bond acceptors (Lipinski definition) is 8. The fraction of sp³-hybridized carbons (Fsp3) is 0.383. The quantitative estimate of drug-likeness (QED) is 0.191. The molecule has 0 saturated carbocycles. The SMILES string of the molecule is C=C1CCC(N2C(=O)c3ccc(N4CCN(C5CCN(CCOc6ccc([C@@H]7c8ccc(O)cc8CC[C@@H]7c7ccccc7)cc6)CC5)CC4)cc3C2=O)C(=O)N1. The number of rotatable bonds is 9. The number of nitrogens with one attached hydrogen (secondary N) is 1. The zero-order valence-corrected chi connectivity index (χ0v) is 32.4. The number of phenols is 1. The fourth-order valence-corrected chi connectivity index (χ4v) is 9.93. The van der Waals surface area contributed by atoms with Gasteiger partial charge in [0, 0.05) is 56.1 Å². The molecule has 4 aromatic carbocycles. The Labute approximate surface area is 334 Å². The van der Waals surface area contributed by atoms with Crippen molar-refractivity contribution in [3.63, 3.8) is 0 Å². The van der Waals surface area contributed by atoms with Crippen LogP contribution in [0.4, 0.5) is 5.69 Å². The lowest BCUT2D eigenvalue weighted by molar-refractivity contribution is -0.125. The molecule has 9 rings (SSSR count). The molecule has 3 fully saturated rings. The van der Waals surface area contributed by atoms with Gasteiger partial charge in [0.05, 0.1) is 11.1 Å². The molecule has 5 aliphatic rings. The van der Waals surface area contributed by atoms with E-state index in [1.807, 2.05) is 24.3 Å². The molecule has 4 aliphatic heterocycles. The number of carbonyl (C=O) groups excluding carboxylic acids is 3. The van der Waals surface area contributed by atoms with Gasteiger partial charge in [-0.1, -0.05) is 55.1 Å². The van der Waals surface area contributed by atoms with E-state index in [-0.39, 0.29) is 17.7 Å². The summed E-state index contributed by atoms with van der Waals surface area (Å²) >= 11 is 0. The standard InChI is InChI=1S/C47H51N5O5/c1-31-7-18-43(45(54)48-31)52-46(55)41-16-11-36(30-42(41)47(52)56)51-25-23-50(24-26-51)35-19-21-49(22-20-35)27-28-57-38-13-8-33(9-14-38)44-39(32-5-3-2-4-6-32)15-10-34-29-37(53)12-17-40(34)44/h2-6,8-9,11-14,16-17,29-30,35,39,43-44,53H,1,7,10,15,18-28H2,(H,48,54)/t39-,43?,44+/m1/s1. The first-order valence-electron chi connectivity index (χ1n) is 20.6. The van der Waals surface area contributed by atoms with Crippen LogP contribution in [0.5, 0.6) is 11.5 Å². The number of piperazine rings is 1. The van der Waals surface area contributed by atoms with E-state index < -0.39 is 11.9 Å². The molecule has 3 saturated heterocycles. The molecule has 3 atom stereocenters. The highest BCUT2D eigenvalue weighted by Crippen LogP contribution is 2.47. The lowest BCUT2D eigenvalue weighted by atomic mass is 9.69. The Morgan fingerprint density at radius 3 is 2.25 bits per heavy atom. The van der Waals surface area contributed by atoms with Gasteiger partial charge in [-0.15, -0.1) is 0 Å². The highest BCUT2D eigenvalue weighted by Gasteiger charge is 2.44. The highest BCUT2D eigenvalue weighted by atomic mass is 16.5. The fourth-order valence-electron chi connectivity index (χ4n) is 9.93. The minimum atomic E-state index is -0.801. The topological polar surface area (TPSA) is 106 Å². The Hall–Kier alpha value is -5.45. The number of phenolic OH excluding ortho intramolecular Hbond substituents is 1. The maximum Gasteiger partial charge on any atom is 0.262 e. The van der Waals surface area contributed by atoms with E-state index in [0.717, 1.165) is 87.8 Å². The van der Waals surface area contributed by atoms with Gasteiger partial charge in [0.25, 0.3) is 11.8 Å². The Balaban J connectivity index is 0.742. The normalized spacial score (nSPS) is 23.3. The van der Waals surface area contributed by atoms with Crippen LogP contribution in [0, 0.1) is 0 Å². The van der Waals surface area contributed by atoms with Crippen LogP contribution < -0.4 is 15.0 Å². The zero-order valence-electron chi connectivity index (χ0n) is 32.4. The molecule has 10 nitrogen and oxygen atoms in total. The van der Waals surface area contributed by atoms with Crippen molar-refractivity contribution < 1.29 is 24.2 Å². The number of amides is 3. The third-order valence-electron chi connectivity index (χ3n) is 13.0. The Morgan fingerprint density at radius 2 is 1.49 bits per heavy atom. The van der Waals surface area contributed by atoms with Gasteiger partial charge in [-0.05, 0) is 122 Å². The van der Waals surface area contributed by atoms with Gasteiger partial charge >= 0.3 is 0 Å². The molecular formula is C47H51N5O5.